The maximum atomic E-state index is 12.2. The van der Waals surface area contributed by atoms with Crippen molar-refractivity contribution >= 4 is 61.5 Å². The Morgan fingerprint density at radius 2 is 2.00 bits per heavy atom. The fourth-order valence-electron chi connectivity index (χ4n) is 2.48. The van der Waals surface area contributed by atoms with Gasteiger partial charge in [0.2, 0.25) is 5.75 Å². The molecule has 0 aliphatic heterocycles. The van der Waals surface area contributed by atoms with Crippen molar-refractivity contribution in [3.05, 3.63) is 51.1 Å². The van der Waals surface area contributed by atoms with E-state index in [0.717, 1.165) is 11.8 Å². The zero-order valence-electron chi connectivity index (χ0n) is 14.2. The van der Waals surface area contributed by atoms with E-state index < -0.39 is 5.63 Å². The van der Waals surface area contributed by atoms with E-state index in [1.54, 1.807) is 12.1 Å². The fourth-order valence-corrected chi connectivity index (χ4v) is 3.17. The molecule has 1 N–H and O–H groups in total. The second kappa shape index (κ2) is 8.82. The van der Waals surface area contributed by atoms with Gasteiger partial charge in [-0.2, -0.15) is 0 Å². The van der Waals surface area contributed by atoms with E-state index in [1.807, 2.05) is 0 Å². The second-order valence-electron chi connectivity index (χ2n) is 5.45. The summed E-state index contributed by atoms with van der Waals surface area (Å²) in [5.41, 5.74) is 0.646. The first-order valence-corrected chi connectivity index (χ1v) is 9.82. The Morgan fingerprint density at radius 3 is 2.67 bits per heavy atom. The number of halogens is 3. The molecule has 0 unspecified atom stereocenters. The van der Waals surface area contributed by atoms with Gasteiger partial charge in [-0.15, -0.1) is 0 Å². The van der Waals surface area contributed by atoms with Crippen molar-refractivity contribution in [1.29, 1.82) is 0 Å². The molecule has 0 bridgehead atoms. The predicted octanol–water partition coefficient (Wildman–Crippen LogP) is 5.41. The number of anilines is 2. The van der Waals surface area contributed by atoms with Gasteiger partial charge in [-0.25, -0.2) is 4.79 Å². The van der Waals surface area contributed by atoms with Crippen molar-refractivity contribution in [2.24, 2.45) is 0 Å². The molecule has 0 saturated carbocycles. The van der Waals surface area contributed by atoms with Crippen molar-refractivity contribution in [1.82, 2.24) is 4.98 Å². The molecule has 6 nitrogen and oxygen atoms in total. The van der Waals surface area contributed by atoms with Gasteiger partial charge in [0.15, 0.2) is 11.3 Å². The smallest absolute Gasteiger partial charge is 0.338 e. The number of ether oxygens (including phenoxy) is 2. The third-order valence-electron chi connectivity index (χ3n) is 3.69. The van der Waals surface area contributed by atoms with Crippen LogP contribution in [0.25, 0.3) is 11.0 Å². The summed E-state index contributed by atoms with van der Waals surface area (Å²) in [6.07, 6.45) is 3.70. The number of rotatable bonds is 7. The molecule has 0 saturated heterocycles. The number of alkyl halides is 1. The number of methoxy groups -OCH3 is 1. The number of aromatic nitrogens is 1. The number of pyridine rings is 1. The van der Waals surface area contributed by atoms with Gasteiger partial charge in [-0.1, -0.05) is 39.1 Å². The maximum absolute atomic E-state index is 12.2. The number of hydrogen-bond acceptors (Lipinski definition) is 6. The topological polar surface area (TPSA) is 73.6 Å². The first kappa shape index (κ1) is 19.8. The quantitative estimate of drug-likeness (QED) is 0.281. The van der Waals surface area contributed by atoms with Crippen LogP contribution < -0.4 is 20.4 Å². The van der Waals surface area contributed by atoms with E-state index in [9.17, 15) is 4.79 Å². The van der Waals surface area contributed by atoms with Crippen LogP contribution >= 0.6 is 39.1 Å². The van der Waals surface area contributed by atoms with Crippen molar-refractivity contribution in [2.45, 2.75) is 6.42 Å². The number of nitrogens with zero attached hydrogens (tertiary/aromatic N) is 1. The third kappa shape index (κ3) is 4.31. The van der Waals surface area contributed by atoms with Crippen LogP contribution in [0.3, 0.4) is 0 Å². The molecule has 27 heavy (non-hydrogen) atoms. The Kier molecular flexibility index (Phi) is 6.46. The van der Waals surface area contributed by atoms with Crippen LogP contribution in [0.5, 0.6) is 11.5 Å². The molecular formula is C18H15BrCl2N2O4. The molecule has 0 spiro atoms. The average Bonchev–Trinajstić information content (AvgIpc) is 2.65. The molecule has 2 heterocycles. The number of hydrogen-bond donors (Lipinski definition) is 1. The Labute approximate surface area is 173 Å². The molecule has 0 radical (unpaired) electrons. The van der Waals surface area contributed by atoms with Crippen LogP contribution in [0.2, 0.25) is 10.0 Å². The summed E-state index contributed by atoms with van der Waals surface area (Å²) in [7, 11) is 1.52. The van der Waals surface area contributed by atoms with Crippen LogP contribution in [0.15, 0.2) is 39.8 Å². The van der Waals surface area contributed by atoms with Gasteiger partial charge < -0.3 is 19.2 Å². The molecule has 1 aromatic carbocycles. The molecule has 0 atom stereocenters. The van der Waals surface area contributed by atoms with Crippen LogP contribution in [0.4, 0.5) is 11.4 Å². The van der Waals surface area contributed by atoms with Crippen LogP contribution in [-0.2, 0) is 0 Å². The summed E-state index contributed by atoms with van der Waals surface area (Å²) in [4.78, 5) is 16.1. The first-order valence-electron chi connectivity index (χ1n) is 7.94. The van der Waals surface area contributed by atoms with Gasteiger partial charge in [0.1, 0.15) is 0 Å². The summed E-state index contributed by atoms with van der Waals surface area (Å²) in [5.74, 6) is 0.834. The molecule has 0 fully saturated rings. The summed E-state index contributed by atoms with van der Waals surface area (Å²) in [6.45, 7) is 0.435. The van der Waals surface area contributed by atoms with Crippen LogP contribution in [-0.4, -0.2) is 24.0 Å². The van der Waals surface area contributed by atoms with Crippen LogP contribution in [0.1, 0.15) is 6.42 Å². The lowest BCUT2D eigenvalue weighted by Crippen LogP contribution is -2.05. The van der Waals surface area contributed by atoms with Gasteiger partial charge in [-0.05, 0) is 18.6 Å². The van der Waals surface area contributed by atoms with E-state index >= 15 is 0 Å². The van der Waals surface area contributed by atoms with Crippen molar-refractivity contribution < 1.29 is 13.9 Å². The highest BCUT2D eigenvalue weighted by molar-refractivity contribution is 9.09. The Hall–Kier alpha value is -1.96. The zero-order chi connectivity index (χ0) is 19.4. The molecule has 0 aliphatic carbocycles. The molecule has 3 rings (SSSR count). The molecule has 2 aromatic heterocycles. The largest absolute Gasteiger partial charge is 0.493 e. The van der Waals surface area contributed by atoms with Crippen molar-refractivity contribution in [3.63, 3.8) is 0 Å². The van der Waals surface area contributed by atoms with E-state index in [-0.39, 0.29) is 5.58 Å². The Balaban J connectivity index is 2.14. The highest BCUT2D eigenvalue weighted by Crippen LogP contribution is 2.40. The normalized spacial score (nSPS) is 10.8. The summed E-state index contributed by atoms with van der Waals surface area (Å²) >= 11 is 15.7. The van der Waals surface area contributed by atoms with Crippen LogP contribution in [0, 0.1) is 0 Å². The highest BCUT2D eigenvalue weighted by atomic mass is 79.9. The summed E-state index contributed by atoms with van der Waals surface area (Å²) in [6, 6.07) is 4.83. The lowest BCUT2D eigenvalue weighted by molar-refractivity contribution is 0.294. The van der Waals surface area contributed by atoms with E-state index in [1.165, 1.54) is 25.6 Å². The predicted molar refractivity (Wildman–Crippen MR) is 110 cm³/mol. The van der Waals surface area contributed by atoms with Crippen molar-refractivity contribution in [2.75, 3.05) is 24.4 Å². The standard InChI is InChI=1S/C18H15BrCl2N2O4/c1-25-14-4-3-10-13(23-16-11(20)8-22-9-12(16)21)7-15(24)27-17(10)18(14)26-6-2-5-19/h3-4,7-9H,2,5-6H2,1H3,(H,22,23). The van der Waals surface area contributed by atoms with E-state index in [4.69, 9.17) is 37.1 Å². The zero-order valence-corrected chi connectivity index (χ0v) is 17.3. The number of benzene rings is 1. The third-order valence-corrected chi connectivity index (χ3v) is 4.82. The Bertz CT molecular complexity index is 1010. The minimum atomic E-state index is -0.551. The minimum absolute atomic E-state index is 0.278. The van der Waals surface area contributed by atoms with Gasteiger partial charge in [0, 0.05) is 29.2 Å². The minimum Gasteiger partial charge on any atom is -0.493 e. The Morgan fingerprint density at radius 1 is 1.26 bits per heavy atom. The lowest BCUT2D eigenvalue weighted by Gasteiger charge is -2.15. The fraction of sp³-hybridized carbons (Fsp3) is 0.222. The molecule has 3 aromatic rings. The van der Waals surface area contributed by atoms with Gasteiger partial charge >= 0.3 is 5.63 Å². The lowest BCUT2D eigenvalue weighted by atomic mass is 10.1. The molecule has 142 valence electrons. The number of nitrogens with one attached hydrogen (secondary N) is 1. The van der Waals surface area contributed by atoms with Gasteiger partial charge in [0.05, 0.1) is 35.1 Å². The molecular weight excluding hydrogens is 459 g/mol. The monoisotopic (exact) mass is 472 g/mol. The summed E-state index contributed by atoms with van der Waals surface area (Å²) < 4.78 is 16.6. The molecule has 0 amide bonds. The SMILES string of the molecule is COc1ccc2c(Nc3c(Cl)cncc3Cl)cc(=O)oc2c1OCCCBr. The van der Waals surface area contributed by atoms with Crippen molar-refractivity contribution in [3.8, 4) is 11.5 Å². The number of fused-ring (bicyclic) bond motifs is 1. The summed E-state index contributed by atoms with van der Waals surface area (Å²) in [5, 5.41) is 5.15. The molecule has 9 heteroatoms. The van der Waals surface area contributed by atoms with Gasteiger partial charge in [-0.3, -0.25) is 4.98 Å². The van der Waals surface area contributed by atoms with E-state index in [0.29, 0.717) is 44.9 Å². The first-order chi connectivity index (χ1) is 13.0. The maximum Gasteiger partial charge on any atom is 0.338 e. The molecule has 0 aliphatic rings. The average molecular weight is 474 g/mol. The second-order valence-corrected chi connectivity index (χ2v) is 7.05. The van der Waals surface area contributed by atoms with Gasteiger partial charge in [0.25, 0.3) is 0 Å². The van der Waals surface area contributed by atoms with E-state index in [2.05, 4.69) is 26.2 Å². The highest BCUT2D eigenvalue weighted by Gasteiger charge is 2.17.